The van der Waals surface area contributed by atoms with Crippen molar-refractivity contribution in [3.63, 3.8) is 0 Å². The normalized spacial score (nSPS) is 12.0. The molecule has 0 unspecified atom stereocenters. The number of rotatable bonds is 28. The molecule has 5 aliphatic rings. The van der Waals surface area contributed by atoms with E-state index in [4.69, 9.17) is 47.4 Å². The molecule has 5 aliphatic heterocycles. The Bertz CT molecular complexity index is 5920. The quantitative estimate of drug-likeness (QED) is 0.00435. The zero-order valence-electron chi connectivity index (χ0n) is 84.3. The maximum Gasteiger partial charge on any atom is 1.00 e. The van der Waals surface area contributed by atoms with Crippen molar-refractivity contribution in [2.75, 3.05) is 77.8 Å². The number of nitrogens with zero attached hydrogens (tertiary/aromatic N) is 6. The minimum absolute atomic E-state index is 0. The van der Waals surface area contributed by atoms with Crippen LogP contribution in [0.1, 0.15) is 202 Å². The number of carbonyl (C=O) groups is 17. The van der Waals surface area contributed by atoms with Crippen LogP contribution in [0.25, 0.3) is 0 Å². The number of primary amides is 1. The number of esters is 4. The van der Waals surface area contributed by atoms with Gasteiger partial charge in [0.25, 0.3) is 53.2 Å². The van der Waals surface area contributed by atoms with Gasteiger partial charge in [-0.15, -0.1) is 36.4 Å². The predicted molar refractivity (Wildman–Crippen MR) is 558 cm³/mol. The van der Waals surface area contributed by atoms with E-state index < -0.39 is 59.3 Å². The average Bonchev–Trinajstić information content (AvgIpc) is 0.727. The molecule has 0 spiro atoms. The number of hydrogen-bond donors (Lipinski definition) is 11. The average molecular weight is 2130 g/mol. The van der Waals surface area contributed by atoms with E-state index in [2.05, 4.69) is 77.6 Å². The number of unbranched alkanes of at least 4 members (excludes halogenated alkanes) is 1. The number of benzene rings is 7. The number of aliphatic imine (C=N–C) groups is 5. The first-order chi connectivity index (χ1) is 68.7. The Morgan fingerprint density at radius 2 is 0.716 bits per heavy atom. The number of aliphatic carboxylic acids is 2. The summed E-state index contributed by atoms with van der Waals surface area (Å²) in [5.41, 5.74) is 30.3. The van der Waals surface area contributed by atoms with Gasteiger partial charge in [0.15, 0.2) is 0 Å². The topological polar surface area (TPSA) is 646 Å². The molecule has 148 heavy (non-hydrogen) atoms. The standard InChI is InChI=1S/C21H21N3O3.C18H23N3O4.C13H15N3O2.C12H11NO3.C10H7NO3.C9H19NO2.C7H8N2O.C7H7NO2.C6H10O4.CH3Cl.2ClH.K.H2O/c25-19(13-15-7-2-1-3-8-15)22-11-6-12-23-21(27)18-14-16-9-4-5-10-17(16)20(26)24-18;1-18(2,3)25-17(24)20-10-6-9-19-16(23)14-11-12-7-4-5-8-13(12)15(22)21-14;14-6-3-7-15-13(18)11-8-9-4-1-2-5-10(9)12(17)16-11;1-2-16-12(15)10-7-8-5-3-4-6-9(8)11(14)13-10;12-9-7-4-2-1-3-6(7)5-8(11-9)10(13)14;1-9(2,3)12-8(11)6-4-5-7-10;8-6-4-2-1-3-5(6)7(9)10;9-7(10)5-6-1-3-8-4-2-6;1-3-9-5(7)6(8)10-4-2;1-2;;;;/h1-5,7-10H,6,11-14H2,(H,22,25)(H,23,27);4-5,7-8H,6,9-11H2,1-3H3,(H,19,23)(H,20,24);1-2,4-5H,3,6-8,14H2,(H,15,18);3-6H,2,7H2,1H3;1-4H,5H2,(H,13,14);4-7,10H2,1-3H3;1-4H,8H2,(H2,9,10);1-4H,5H2,(H,9,10);3-4H2,1-2H3;1H3;2*1H;;1H2/q;;;;;;;;;;;;+1;/p-1. The molecule has 40 nitrogen and oxygen atoms in total. The number of nitrogens with two attached hydrogens (primary N) is 4. The second-order valence-electron chi connectivity index (χ2n) is 32.7. The van der Waals surface area contributed by atoms with Gasteiger partial charge < -0.3 is 88.9 Å². The molecule has 0 saturated heterocycles. The fourth-order valence-corrected chi connectivity index (χ4v) is 12.6. The van der Waals surface area contributed by atoms with E-state index in [1.807, 2.05) is 99.6 Å². The van der Waals surface area contributed by atoms with Crippen molar-refractivity contribution in [1.82, 2.24) is 31.6 Å². The monoisotopic (exact) mass is 2130 g/mol. The Kier molecular flexibility index (Phi) is 66.2. The molecule has 16 N–H and O–H groups in total. The van der Waals surface area contributed by atoms with E-state index in [9.17, 15) is 81.5 Å². The van der Waals surface area contributed by atoms with Gasteiger partial charge in [0.1, 0.15) is 39.8 Å². The molecule has 0 bridgehead atoms. The molecule has 0 atom stereocenters. The second-order valence-corrected chi connectivity index (χ2v) is 32.7. The Labute approximate surface area is 917 Å². The van der Waals surface area contributed by atoms with E-state index in [-0.39, 0.29) is 196 Å². The first-order valence-corrected chi connectivity index (χ1v) is 46.6. The molecule has 13 rings (SSSR count). The largest absolute Gasteiger partial charge is 1.00 e. The van der Waals surface area contributed by atoms with Crippen molar-refractivity contribution in [2.24, 2.45) is 42.2 Å². The van der Waals surface area contributed by atoms with E-state index in [1.54, 1.807) is 163 Å². The van der Waals surface area contributed by atoms with Crippen LogP contribution in [0.15, 0.2) is 225 Å². The van der Waals surface area contributed by atoms with E-state index >= 15 is 0 Å². The molecule has 790 valence electrons. The van der Waals surface area contributed by atoms with Crippen LogP contribution in [-0.4, -0.2) is 233 Å². The molecule has 0 aliphatic carbocycles. The van der Waals surface area contributed by atoms with Crippen LogP contribution in [0, 0.1) is 0 Å². The van der Waals surface area contributed by atoms with Crippen LogP contribution >= 0.6 is 36.4 Å². The number of carboxylic acids is 2. The number of halogens is 3. The fourth-order valence-electron chi connectivity index (χ4n) is 12.6. The van der Waals surface area contributed by atoms with Crippen LogP contribution in [-0.2, 0) is 117 Å². The van der Waals surface area contributed by atoms with E-state index in [0.29, 0.717) is 143 Å². The fraction of sp³-hybridized carbons (Fsp3) is 0.337. The number of amides is 11. The van der Waals surface area contributed by atoms with Crippen LogP contribution in [0.5, 0.6) is 0 Å². The summed E-state index contributed by atoms with van der Waals surface area (Å²) in [4.78, 5) is 215. The first-order valence-electron chi connectivity index (χ1n) is 45.8. The third-order valence-corrected chi connectivity index (χ3v) is 19.2. The van der Waals surface area contributed by atoms with Crippen molar-refractivity contribution in [1.29, 1.82) is 0 Å². The van der Waals surface area contributed by atoms with Gasteiger partial charge in [0.05, 0.1) is 38.2 Å². The number of pyridine rings is 1. The van der Waals surface area contributed by atoms with Gasteiger partial charge in [-0.3, -0.25) is 62.5 Å². The Morgan fingerprint density at radius 3 is 1.07 bits per heavy atom. The Hall–Kier alpha value is -14.0. The minimum Gasteiger partial charge on any atom is -0.870 e. The summed E-state index contributed by atoms with van der Waals surface area (Å²) in [7, 11) is 0. The van der Waals surface area contributed by atoms with Crippen molar-refractivity contribution in [3.8, 4) is 0 Å². The summed E-state index contributed by atoms with van der Waals surface area (Å²) in [6.45, 7) is 19.9. The third kappa shape index (κ3) is 51.9. The molecule has 11 amide bonds. The summed E-state index contributed by atoms with van der Waals surface area (Å²) in [5.74, 6) is -7.91. The number of nitrogens with one attached hydrogen (secondary N) is 5. The number of ether oxygens (including phenoxy) is 5. The van der Waals surface area contributed by atoms with E-state index in [0.717, 1.165) is 51.8 Å². The van der Waals surface area contributed by atoms with Crippen molar-refractivity contribution in [3.05, 3.63) is 273 Å². The minimum atomic E-state index is -1.13. The number of aromatic nitrogens is 1. The Morgan fingerprint density at radius 1 is 0.392 bits per heavy atom. The summed E-state index contributed by atoms with van der Waals surface area (Å²) >= 11 is 4.64. The second kappa shape index (κ2) is 73.2. The smallest absolute Gasteiger partial charge is 0.870 e. The Balaban J connectivity index is 0.00000167. The summed E-state index contributed by atoms with van der Waals surface area (Å²) < 4.78 is 23.7. The molecular weight excluding hydrogens is 2000 g/mol. The SMILES string of the molecule is CC(C)(C)OC(=O)CCCCN.CC(C)(C)OC(=O)NCCCNC(=O)C1=NC(=O)c2ccccc2C1.CCOC(=O)C(=O)OCC.CCOC(=O)C1=NC(=O)c2ccccc2C1.CCl.Cl.Cl.NC(=O)c1ccccc1N.NCCCNC(=O)C1=NC(=O)c2ccccc2C1.O=C(Cc1ccccc1)NCCCNC(=O)C1=NC(=O)c2ccccc2C1.O=C(O)C1=NC(=O)c2ccccc2C1.O=C(O)Cc1ccncc1.[K+].[OH-]. The zero-order chi connectivity index (χ0) is 107. The number of alkyl carbamates (subject to hydrolysis) is 1. The van der Waals surface area contributed by atoms with Crippen LogP contribution < -0.4 is 101 Å². The number of nitrogen functional groups attached to an aromatic ring is 1. The molecular formula is C104H127Cl3KN15O25. The van der Waals surface area contributed by atoms with E-state index in [1.165, 1.54) is 6.38 Å². The molecule has 44 heteroatoms. The third-order valence-electron chi connectivity index (χ3n) is 19.2. The number of para-hydroxylation sites is 1. The number of anilines is 1. The van der Waals surface area contributed by atoms with Gasteiger partial charge in [-0.1, -0.05) is 133 Å². The number of hydrogen-bond acceptors (Lipinski definition) is 27. The molecule has 0 saturated carbocycles. The maximum absolute atomic E-state index is 12.2. The summed E-state index contributed by atoms with van der Waals surface area (Å²) in [6, 6.07) is 55.1. The number of fused-ring (bicyclic) bond motifs is 5. The number of carbonyl (C=O) groups excluding carboxylic acids is 15. The van der Waals surface area contributed by atoms with Crippen molar-refractivity contribution in [2.45, 2.75) is 157 Å². The van der Waals surface area contributed by atoms with Gasteiger partial charge in [-0.25, -0.2) is 48.9 Å². The first kappa shape index (κ1) is 134. The van der Waals surface area contributed by atoms with Gasteiger partial charge in [-0.05, 0) is 201 Å². The predicted octanol–water partition coefficient (Wildman–Crippen LogP) is 7.30. The van der Waals surface area contributed by atoms with Gasteiger partial charge >= 0.3 is 93.3 Å². The molecule has 0 fully saturated rings. The van der Waals surface area contributed by atoms with Gasteiger partial charge in [-0.2, -0.15) is 0 Å². The maximum atomic E-state index is 12.2. The summed E-state index contributed by atoms with van der Waals surface area (Å²) in [6.07, 6.45) is 10.3. The zero-order valence-corrected chi connectivity index (χ0v) is 89.8. The van der Waals surface area contributed by atoms with Crippen molar-refractivity contribution >= 4 is 172 Å². The van der Waals surface area contributed by atoms with Crippen LogP contribution in [0.2, 0.25) is 0 Å². The van der Waals surface area contributed by atoms with Crippen molar-refractivity contribution < 1.29 is 172 Å². The van der Waals surface area contributed by atoms with Gasteiger partial charge in [0.2, 0.25) is 5.91 Å². The number of carboxylic acid groups (broad SMARTS) is 2. The molecule has 7 aromatic carbocycles. The molecule has 0 radical (unpaired) electrons. The summed E-state index contributed by atoms with van der Waals surface area (Å²) in [5, 5.41) is 30.7. The van der Waals surface area contributed by atoms with Crippen LogP contribution in [0.3, 0.4) is 0 Å². The molecule has 8 aromatic rings. The van der Waals surface area contributed by atoms with Crippen LogP contribution in [0.4, 0.5) is 10.5 Å². The molecule has 1 aromatic heterocycles. The van der Waals surface area contributed by atoms with Gasteiger partial charge in [0, 0.05) is 124 Å². The number of alkyl halides is 1. The molecule has 6 heterocycles.